The summed E-state index contributed by atoms with van der Waals surface area (Å²) in [5.74, 6) is 0.466. The van der Waals surface area contributed by atoms with Crippen LogP contribution < -0.4 is 5.30 Å². The van der Waals surface area contributed by atoms with Crippen molar-refractivity contribution in [2.45, 2.75) is 59.7 Å². The van der Waals surface area contributed by atoms with Crippen LogP contribution in [0.2, 0.25) is 0 Å². The summed E-state index contributed by atoms with van der Waals surface area (Å²) in [7, 11) is 2.80. The minimum Gasteiger partial charge on any atom is -0.507 e. The topological polar surface area (TPSA) is 23.5 Å². The second-order valence-electron chi connectivity index (χ2n) is 7.73. The molecule has 26 heavy (non-hydrogen) atoms. The van der Waals surface area contributed by atoms with Crippen LogP contribution in [0.25, 0.3) is 0 Å². The molecule has 0 aromatic heterocycles. The van der Waals surface area contributed by atoms with Gasteiger partial charge < -0.3 is 10.0 Å². The summed E-state index contributed by atoms with van der Waals surface area (Å²) in [5.41, 5.74) is 6.05. The molecule has 0 amide bonds. The largest absolute Gasteiger partial charge is 0.507 e. The zero-order valence-corrected chi connectivity index (χ0v) is 18.4. The molecule has 0 aliphatic heterocycles. The number of benzene rings is 2. The summed E-state index contributed by atoms with van der Waals surface area (Å²) < 4.78 is 0. The van der Waals surface area contributed by atoms with E-state index in [0.29, 0.717) is 14.3 Å². The third-order valence-corrected chi connectivity index (χ3v) is 7.63. The van der Waals surface area contributed by atoms with Gasteiger partial charge in [0.25, 0.3) is 0 Å². The van der Waals surface area contributed by atoms with E-state index in [1.807, 2.05) is 6.92 Å². The van der Waals surface area contributed by atoms with Gasteiger partial charge in [-0.25, -0.2) is 0 Å². The van der Waals surface area contributed by atoms with Gasteiger partial charge in [-0.1, -0.05) is 65.2 Å². The minimum atomic E-state index is -0.0630. The van der Waals surface area contributed by atoms with Crippen molar-refractivity contribution in [2.24, 2.45) is 0 Å². The van der Waals surface area contributed by atoms with Crippen LogP contribution in [0.5, 0.6) is 5.75 Å². The molecule has 3 heteroatoms. The summed E-state index contributed by atoms with van der Waals surface area (Å²) in [6, 6.07) is 10.9. The molecule has 0 saturated carbocycles. The number of aromatic hydroxyl groups is 1. The van der Waals surface area contributed by atoms with Crippen molar-refractivity contribution in [1.29, 1.82) is 0 Å². The Morgan fingerprint density at radius 3 is 2.38 bits per heavy atom. The molecule has 0 aliphatic rings. The van der Waals surface area contributed by atoms with E-state index >= 15 is 0 Å². The maximum Gasteiger partial charge on any atom is 0.122 e. The van der Waals surface area contributed by atoms with Crippen LogP contribution in [-0.2, 0) is 11.7 Å². The Labute approximate surface area is 161 Å². The highest BCUT2D eigenvalue weighted by Gasteiger charge is 2.30. The van der Waals surface area contributed by atoms with Gasteiger partial charge in [0.1, 0.15) is 5.75 Å². The fraction of sp³-hybridized carbons (Fsp3) is 0.478. The fourth-order valence-electron chi connectivity index (χ4n) is 3.44. The van der Waals surface area contributed by atoms with Gasteiger partial charge in [-0.05, 0) is 62.8 Å². The van der Waals surface area contributed by atoms with Gasteiger partial charge in [0.05, 0.1) is 0 Å². The van der Waals surface area contributed by atoms with Gasteiger partial charge in [-0.2, -0.15) is 0 Å². The Hall–Kier alpha value is -1.37. The van der Waals surface area contributed by atoms with Crippen molar-refractivity contribution >= 4 is 13.9 Å². The zero-order valence-electron chi connectivity index (χ0n) is 17.4. The van der Waals surface area contributed by atoms with Gasteiger partial charge in [0.15, 0.2) is 0 Å². The maximum absolute atomic E-state index is 10.8. The van der Waals surface area contributed by atoms with Crippen molar-refractivity contribution in [3.05, 3.63) is 58.1 Å². The van der Waals surface area contributed by atoms with E-state index in [-0.39, 0.29) is 5.16 Å². The van der Waals surface area contributed by atoms with Gasteiger partial charge in [-0.15, -0.1) is 0 Å². The highest BCUT2D eigenvalue weighted by Crippen LogP contribution is 2.48. The minimum absolute atomic E-state index is 0.0630. The molecule has 0 saturated heterocycles. The Bertz CT molecular complexity index is 771. The van der Waals surface area contributed by atoms with E-state index in [1.165, 1.54) is 22.0 Å². The molecule has 2 aromatic rings. The number of phenols is 1. The first-order valence-corrected chi connectivity index (χ1v) is 10.6. The third kappa shape index (κ3) is 4.48. The SMILES string of the molecule is CCN(C)Cc1cccc(C)c1PC(C)(CC)c1cc(C)cc(C)c1O. The standard InChI is InChI=1S/C23H34NOP/c1-8-23(6,20-14-16(3)13-18(5)21(20)25)26-22-17(4)11-10-12-19(22)15-24(7)9-2/h10-14,25-26H,8-9,15H2,1-7H3. The van der Waals surface area contributed by atoms with Crippen LogP contribution in [0.1, 0.15) is 55.0 Å². The van der Waals surface area contributed by atoms with E-state index in [2.05, 4.69) is 76.9 Å². The molecular formula is C23H34NOP. The van der Waals surface area contributed by atoms with E-state index < -0.39 is 0 Å². The molecule has 2 rings (SSSR count). The molecule has 2 atom stereocenters. The quantitative estimate of drug-likeness (QED) is 0.659. The summed E-state index contributed by atoms with van der Waals surface area (Å²) in [6.45, 7) is 15.1. The van der Waals surface area contributed by atoms with Crippen LogP contribution in [0.3, 0.4) is 0 Å². The molecule has 0 heterocycles. The monoisotopic (exact) mass is 371 g/mol. The summed E-state index contributed by atoms with van der Waals surface area (Å²) >= 11 is 0. The lowest BCUT2D eigenvalue weighted by Crippen LogP contribution is -2.25. The van der Waals surface area contributed by atoms with Crippen LogP contribution in [-0.4, -0.2) is 23.6 Å². The molecule has 0 fully saturated rings. The molecule has 0 aliphatic carbocycles. The predicted octanol–water partition coefficient (Wildman–Crippen LogP) is 5.40. The van der Waals surface area contributed by atoms with Gasteiger partial charge in [0, 0.05) is 17.3 Å². The van der Waals surface area contributed by atoms with Crippen LogP contribution in [0.15, 0.2) is 30.3 Å². The normalized spacial score (nSPS) is 14.3. The predicted molar refractivity (Wildman–Crippen MR) is 116 cm³/mol. The van der Waals surface area contributed by atoms with Crippen molar-refractivity contribution in [2.75, 3.05) is 13.6 Å². The number of hydrogen-bond acceptors (Lipinski definition) is 2. The molecule has 2 aromatic carbocycles. The van der Waals surface area contributed by atoms with Crippen LogP contribution in [0, 0.1) is 20.8 Å². The maximum atomic E-state index is 10.8. The third-order valence-electron chi connectivity index (χ3n) is 5.49. The number of phenolic OH excluding ortho intramolecular Hbond substituents is 1. The fourth-order valence-corrected chi connectivity index (χ4v) is 5.10. The number of nitrogens with zero attached hydrogens (tertiary/aromatic N) is 1. The van der Waals surface area contributed by atoms with Crippen LogP contribution in [0.4, 0.5) is 0 Å². The van der Waals surface area contributed by atoms with Crippen molar-refractivity contribution < 1.29 is 5.11 Å². The molecule has 1 N–H and O–H groups in total. The number of aryl methyl sites for hydroxylation is 3. The Kier molecular flexibility index (Phi) is 6.88. The summed E-state index contributed by atoms with van der Waals surface area (Å²) in [5, 5.41) is 12.2. The summed E-state index contributed by atoms with van der Waals surface area (Å²) in [6.07, 6.45) is 0.999. The van der Waals surface area contributed by atoms with Gasteiger partial charge >= 0.3 is 0 Å². The Morgan fingerprint density at radius 2 is 1.77 bits per heavy atom. The molecular weight excluding hydrogens is 337 g/mol. The highest BCUT2D eigenvalue weighted by atomic mass is 31.1. The molecule has 142 valence electrons. The lowest BCUT2D eigenvalue weighted by molar-refractivity contribution is 0.346. The van der Waals surface area contributed by atoms with Gasteiger partial charge in [-0.3, -0.25) is 0 Å². The molecule has 0 bridgehead atoms. The molecule has 2 nitrogen and oxygen atoms in total. The van der Waals surface area contributed by atoms with Gasteiger partial charge in [0.2, 0.25) is 0 Å². The smallest absolute Gasteiger partial charge is 0.122 e. The average molecular weight is 372 g/mol. The first-order valence-electron chi connectivity index (χ1n) is 9.57. The van der Waals surface area contributed by atoms with E-state index in [9.17, 15) is 5.11 Å². The second-order valence-corrected chi connectivity index (χ2v) is 9.58. The van der Waals surface area contributed by atoms with Crippen molar-refractivity contribution in [3.63, 3.8) is 0 Å². The molecule has 0 spiro atoms. The highest BCUT2D eigenvalue weighted by molar-refractivity contribution is 7.48. The Balaban J connectivity index is 2.51. The van der Waals surface area contributed by atoms with Crippen LogP contribution >= 0.6 is 8.58 Å². The van der Waals surface area contributed by atoms with Crippen molar-refractivity contribution in [1.82, 2.24) is 4.90 Å². The first-order chi connectivity index (χ1) is 12.2. The van der Waals surface area contributed by atoms with E-state index in [0.717, 1.165) is 30.6 Å². The average Bonchev–Trinajstić information content (AvgIpc) is 2.60. The second kappa shape index (κ2) is 8.55. The number of hydrogen-bond donors (Lipinski definition) is 1. The lowest BCUT2D eigenvalue weighted by atomic mass is 9.93. The van der Waals surface area contributed by atoms with E-state index in [4.69, 9.17) is 0 Å². The lowest BCUT2D eigenvalue weighted by Gasteiger charge is -2.32. The van der Waals surface area contributed by atoms with E-state index in [1.54, 1.807) is 0 Å². The number of rotatable bonds is 7. The summed E-state index contributed by atoms with van der Waals surface area (Å²) in [4.78, 5) is 2.35. The molecule has 0 radical (unpaired) electrons. The Morgan fingerprint density at radius 1 is 1.08 bits per heavy atom. The zero-order chi connectivity index (χ0) is 19.5. The first kappa shape index (κ1) is 20.9. The van der Waals surface area contributed by atoms with Crippen molar-refractivity contribution in [3.8, 4) is 5.75 Å². The molecule has 2 unspecified atom stereocenters.